The van der Waals surface area contributed by atoms with Crippen molar-refractivity contribution in [1.82, 2.24) is 0 Å². The SMILES string of the molecule is COc1c(-c2ccccc2C2CCCCC2)c(OC)c(S(=O)(=O)O)c(P)c1C1CCCCC1. The highest BCUT2D eigenvalue weighted by Gasteiger charge is 2.35. The zero-order valence-electron chi connectivity index (χ0n) is 19.6. The van der Waals surface area contributed by atoms with Gasteiger partial charge in [-0.3, -0.25) is 4.55 Å². The molecule has 1 atom stereocenters. The van der Waals surface area contributed by atoms with E-state index in [0.29, 0.717) is 22.5 Å². The standard InChI is InChI=1S/C26H35O5PS/c1-30-23-21(18-13-7-4-8-14-18)25(32)26(33(27,28)29)24(31-2)22(23)20-16-10-9-15-19(20)17-11-5-3-6-12-17/h9-10,15-18H,3-8,11-14,32H2,1-2H3,(H,27,28,29). The summed E-state index contributed by atoms with van der Waals surface area (Å²) >= 11 is 0. The lowest BCUT2D eigenvalue weighted by atomic mass is 9.79. The van der Waals surface area contributed by atoms with Gasteiger partial charge in [-0.05, 0) is 48.6 Å². The number of ether oxygens (including phenoxy) is 2. The Balaban J connectivity index is 2.06. The second-order valence-electron chi connectivity index (χ2n) is 9.33. The van der Waals surface area contributed by atoms with Gasteiger partial charge in [0.25, 0.3) is 10.1 Å². The van der Waals surface area contributed by atoms with Crippen LogP contribution in [0.5, 0.6) is 11.5 Å². The van der Waals surface area contributed by atoms with E-state index >= 15 is 0 Å². The first-order valence-corrected chi connectivity index (χ1v) is 14.0. The van der Waals surface area contributed by atoms with Gasteiger partial charge in [-0.1, -0.05) is 62.8 Å². The molecule has 0 radical (unpaired) electrons. The van der Waals surface area contributed by atoms with Crippen molar-refractivity contribution < 1.29 is 22.4 Å². The van der Waals surface area contributed by atoms with Gasteiger partial charge in [0, 0.05) is 10.9 Å². The van der Waals surface area contributed by atoms with Crippen molar-refractivity contribution in [1.29, 1.82) is 0 Å². The summed E-state index contributed by atoms with van der Waals surface area (Å²) in [6.45, 7) is 0. The second-order valence-corrected chi connectivity index (χ2v) is 11.3. The third-order valence-electron chi connectivity index (χ3n) is 7.39. The number of rotatable bonds is 6. The maximum Gasteiger partial charge on any atom is 0.298 e. The fourth-order valence-electron chi connectivity index (χ4n) is 5.92. The molecule has 1 N–H and O–H groups in total. The molecule has 7 heteroatoms. The first-order chi connectivity index (χ1) is 15.9. The number of methoxy groups -OCH3 is 2. The van der Waals surface area contributed by atoms with Gasteiger partial charge < -0.3 is 9.47 Å². The average molecular weight is 491 g/mol. The lowest BCUT2D eigenvalue weighted by Gasteiger charge is -2.30. The fraction of sp³-hybridized carbons (Fsp3) is 0.538. The molecule has 2 aliphatic carbocycles. The molecule has 0 bridgehead atoms. The number of hydrogen-bond donors (Lipinski definition) is 1. The number of benzene rings is 2. The molecule has 180 valence electrons. The highest BCUT2D eigenvalue weighted by Crippen LogP contribution is 2.51. The highest BCUT2D eigenvalue weighted by atomic mass is 32.2. The van der Waals surface area contributed by atoms with Crippen LogP contribution in [0.4, 0.5) is 0 Å². The summed E-state index contributed by atoms with van der Waals surface area (Å²) in [5, 5.41) is 0.456. The summed E-state index contributed by atoms with van der Waals surface area (Å²) in [5.41, 5.74) is 3.64. The summed E-state index contributed by atoms with van der Waals surface area (Å²) in [6, 6.07) is 8.20. The Morgan fingerprint density at radius 3 is 1.94 bits per heavy atom. The van der Waals surface area contributed by atoms with E-state index < -0.39 is 10.1 Å². The van der Waals surface area contributed by atoms with Crippen LogP contribution in [0.2, 0.25) is 0 Å². The van der Waals surface area contributed by atoms with Gasteiger partial charge in [0.2, 0.25) is 0 Å². The lowest BCUT2D eigenvalue weighted by Crippen LogP contribution is -2.21. The van der Waals surface area contributed by atoms with Crippen molar-refractivity contribution in [2.75, 3.05) is 14.2 Å². The number of hydrogen-bond acceptors (Lipinski definition) is 4. The lowest BCUT2D eigenvalue weighted by molar-refractivity contribution is 0.373. The molecule has 1 unspecified atom stereocenters. The zero-order chi connectivity index (χ0) is 23.6. The van der Waals surface area contributed by atoms with Crippen LogP contribution in [0.3, 0.4) is 0 Å². The molecule has 0 heterocycles. The predicted octanol–water partition coefficient (Wildman–Crippen LogP) is 6.21. The normalized spacial score (nSPS) is 18.3. The Hall–Kier alpha value is -1.62. The van der Waals surface area contributed by atoms with Crippen LogP contribution >= 0.6 is 9.24 Å². The Labute approximate surface area is 200 Å². The molecular weight excluding hydrogens is 455 g/mol. The minimum atomic E-state index is -4.53. The maximum absolute atomic E-state index is 12.7. The van der Waals surface area contributed by atoms with Gasteiger partial charge in [-0.25, -0.2) is 0 Å². The predicted molar refractivity (Wildman–Crippen MR) is 136 cm³/mol. The first kappa shape index (κ1) is 24.5. The van der Waals surface area contributed by atoms with Gasteiger partial charge in [-0.2, -0.15) is 8.42 Å². The quantitative estimate of drug-likeness (QED) is 0.385. The second kappa shape index (κ2) is 10.3. The molecule has 2 aromatic rings. The van der Waals surface area contributed by atoms with Crippen LogP contribution in [0, 0.1) is 0 Å². The van der Waals surface area contributed by atoms with Crippen LogP contribution in [-0.2, 0) is 10.1 Å². The third kappa shape index (κ3) is 4.80. The Kier molecular flexibility index (Phi) is 7.67. The summed E-state index contributed by atoms with van der Waals surface area (Å²) in [6.07, 6.45) is 11.2. The molecule has 0 aliphatic heterocycles. The van der Waals surface area contributed by atoms with Gasteiger partial charge in [0.15, 0.2) is 5.75 Å². The fourth-order valence-corrected chi connectivity index (χ4v) is 7.67. The van der Waals surface area contributed by atoms with Crippen molar-refractivity contribution in [3.63, 3.8) is 0 Å². The van der Waals surface area contributed by atoms with Gasteiger partial charge in [0.05, 0.1) is 19.8 Å². The highest BCUT2D eigenvalue weighted by molar-refractivity contribution is 7.86. The molecule has 2 saturated carbocycles. The van der Waals surface area contributed by atoms with Gasteiger partial charge >= 0.3 is 0 Å². The summed E-state index contributed by atoms with van der Waals surface area (Å²) < 4.78 is 47.4. The molecule has 4 rings (SSSR count). The van der Waals surface area contributed by atoms with E-state index in [1.807, 2.05) is 18.2 Å². The Morgan fingerprint density at radius 1 is 0.848 bits per heavy atom. The topological polar surface area (TPSA) is 72.8 Å². The molecule has 2 aliphatic rings. The van der Waals surface area contributed by atoms with Crippen LogP contribution in [0.15, 0.2) is 29.2 Å². The van der Waals surface area contributed by atoms with Gasteiger partial charge in [0.1, 0.15) is 10.6 Å². The van der Waals surface area contributed by atoms with Crippen molar-refractivity contribution in [3.8, 4) is 22.6 Å². The van der Waals surface area contributed by atoms with Crippen LogP contribution in [0.25, 0.3) is 11.1 Å². The third-order valence-corrected chi connectivity index (χ3v) is 9.12. The smallest absolute Gasteiger partial charge is 0.298 e. The minimum Gasteiger partial charge on any atom is -0.496 e. The monoisotopic (exact) mass is 490 g/mol. The minimum absolute atomic E-state index is 0.155. The molecule has 0 aromatic heterocycles. The van der Waals surface area contributed by atoms with Crippen molar-refractivity contribution in [2.45, 2.75) is 80.9 Å². The Bertz CT molecular complexity index is 1100. The molecular formula is C26H35O5PS. The van der Waals surface area contributed by atoms with Crippen LogP contribution < -0.4 is 14.8 Å². The zero-order valence-corrected chi connectivity index (χ0v) is 21.6. The van der Waals surface area contributed by atoms with Crippen molar-refractivity contribution >= 4 is 24.7 Å². The van der Waals surface area contributed by atoms with E-state index in [0.717, 1.165) is 49.7 Å². The molecule has 33 heavy (non-hydrogen) atoms. The summed E-state index contributed by atoms with van der Waals surface area (Å²) in [5.74, 6) is 1.40. The molecule has 0 saturated heterocycles. The largest absolute Gasteiger partial charge is 0.496 e. The van der Waals surface area contributed by atoms with E-state index in [2.05, 4.69) is 15.3 Å². The molecule has 0 amide bonds. The van der Waals surface area contributed by atoms with Gasteiger partial charge in [-0.15, -0.1) is 9.24 Å². The summed E-state index contributed by atoms with van der Waals surface area (Å²) in [7, 11) is 1.13. The Morgan fingerprint density at radius 2 is 1.39 bits per heavy atom. The van der Waals surface area contributed by atoms with Crippen LogP contribution in [-0.4, -0.2) is 27.2 Å². The first-order valence-electron chi connectivity index (χ1n) is 12.0. The van der Waals surface area contributed by atoms with E-state index in [9.17, 15) is 13.0 Å². The molecule has 5 nitrogen and oxygen atoms in total. The average Bonchev–Trinajstić information content (AvgIpc) is 2.83. The molecule has 2 fully saturated rings. The van der Waals surface area contributed by atoms with Crippen LogP contribution in [0.1, 0.15) is 87.2 Å². The molecule has 2 aromatic carbocycles. The van der Waals surface area contributed by atoms with Crippen molar-refractivity contribution in [2.24, 2.45) is 0 Å². The van der Waals surface area contributed by atoms with E-state index in [4.69, 9.17) is 9.47 Å². The maximum atomic E-state index is 12.7. The molecule has 0 spiro atoms. The van der Waals surface area contributed by atoms with E-state index in [1.54, 1.807) is 7.11 Å². The van der Waals surface area contributed by atoms with E-state index in [1.165, 1.54) is 38.4 Å². The van der Waals surface area contributed by atoms with Crippen molar-refractivity contribution in [3.05, 3.63) is 35.4 Å². The van der Waals surface area contributed by atoms with E-state index in [-0.39, 0.29) is 16.6 Å². The summed E-state index contributed by atoms with van der Waals surface area (Å²) in [4.78, 5) is -0.162.